The van der Waals surface area contributed by atoms with Crippen LogP contribution in [0.5, 0.6) is 0 Å². The molecule has 3 aromatic rings. The van der Waals surface area contributed by atoms with Crippen molar-refractivity contribution in [3.8, 4) is 0 Å². The number of hydrogen-bond acceptors (Lipinski definition) is 5. The van der Waals surface area contributed by atoms with Crippen LogP contribution in [0.25, 0.3) is 10.2 Å². The number of thiazole rings is 1. The molecule has 2 heterocycles. The predicted molar refractivity (Wildman–Crippen MR) is 115 cm³/mol. The van der Waals surface area contributed by atoms with Gasteiger partial charge in [-0.1, -0.05) is 23.7 Å². The molecule has 0 spiro atoms. The Morgan fingerprint density at radius 3 is 2.66 bits per heavy atom. The molecule has 1 saturated heterocycles. The Bertz CT molecular complexity index is 1140. The molecule has 0 atom stereocenters. The van der Waals surface area contributed by atoms with Gasteiger partial charge in [-0.25, -0.2) is 13.4 Å². The number of carbonyl (C=O) groups excluding carboxylic acids is 1. The summed E-state index contributed by atoms with van der Waals surface area (Å²) >= 11 is 7.72. The summed E-state index contributed by atoms with van der Waals surface area (Å²) in [6.45, 7) is 1.30. The second-order valence-electron chi connectivity index (χ2n) is 6.99. The van der Waals surface area contributed by atoms with Crippen LogP contribution in [0.4, 0.5) is 0 Å². The monoisotopic (exact) mass is 449 g/mol. The van der Waals surface area contributed by atoms with E-state index < -0.39 is 10.0 Å². The van der Waals surface area contributed by atoms with Gasteiger partial charge in [0.25, 0.3) is 5.91 Å². The third-order valence-corrected chi connectivity index (χ3v) is 8.32. The Morgan fingerprint density at radius 2 is 1.93 bits per heavy atom. The van der Waals surface area contributed by atoms with Crippen LogP contribution in [0.1, 0.15) is 28.2 Å². The van der Waals surface area contributed by atoms with Crippen molar-refractivity contribution < 1.29 is 13.2 Å². The zero-order valence-electron chi connectivity index (χ0n) is 15.8. The molecule has 0 saturated carbocycles. The van der Waals surface area contributed by atoms with Crippen LogP contribution >= 0.6 is 22.9 Å². The van der Waals surface area contributed by atoms with Crippen LogP contribution in [0.3, 0.4) is 0 Å². The van der Waals surface area contributed by atoms with Crippen LogP contribution < -0.4 is 0 Å². The Morgan fingerprint density at radius 1 is 1.21 bits per heavy atom. The largest absolute Gasteiger partial charge is 0.335 e. The molecule has 1 aliphatic rings. The number of carbonyl (C=O) groups is 1. The van der Waals surface area contributed by atoms with E-state index in [4.69, 9.17) is 11.6 Å². The predicted octanol–water partition coefficient (Wildman–Crippen LogP) is 4.01. The molecular weight excluding hydrogens is 430 g/mol. The van der Waals surface area contributed by atoms with Gasteiger partial charge in [0, 0.05) is 25.7 Å². The van der Waals surface area contributed by atoms with E-state index in [2.05, 4.69) is 4.98 Å². The highest BCUT2D eigenvalue weighted by molar-refractivity contribution is 7.89. The average molecular weight is 450 g/mol. The number of benzene rings is 2. The van der Waals surface area contributed by atoms with E-state index in [9.17, 15) is 13.2 Å². The quantitative estimate of drug-likeness (QED) is 0.590. The molecule has 0 N–H and O–H groups in total. The maximum atomic E-state index is 12.9. The molecule has 2 aromatic carbocycles. The van der Waals surface area contributed by atoms with Gasteiger partial charge in [-0.2, -0.15) is 4.31 Å². The SMILES string of the molecule is CN(Cc1nc2ccccc2s1)C(=O)c1ccc(Cl)c(S(=O)(=O)N2CCCC2)c1. The second kappa shape index (κ2) is 8.02. The standard InChI is InChI=1S/C20H20ClN3O3S2/c1-23(13-19-22-16-6-2-3-7-17(16)28-19)20(25)14-8-9-15(21)18(12-14)29(26,27)24-10-4-5-11-24/h2-3,6-9,12H,4-5,10-11,13H2,1H3. The van der Waals surface area contributed by atoms with Crippen LogP contribution in [0, 0.1) is 0 Å². The van der Waals surface area contributed by atoms with Crippen molar-refractivity contribution in [2.24, 2.45) is 0 Å². The first-order valence-corrected chi connectivity index (χ1v) is 11.9. The topological polar surface area (TPSA) is 70.6 Å². The zero-order valence-corrected chi connectivity index (χ0v) is 18.2. The summed E-state index contributed by atoms with van der Waals surface area (Å²) in [6, 6.07) is 12.2. The second-order valence-corrected chi connectivity index (χ2v) is 10.4. The van der Waals surface area contributed by atoms with Gasteiger partial charge < -0.3 is 4.90 Å². The van der Waals surface area contributed by atoms with E-state index in [0.717, 1.165) is 28.1 Å². The lowest BCUT2D eigenvalue weighted by Gasteiger charge is -2.19. The fourth-order valence-corrected chi connectivity index (χ4v) is 6.42. The lowest BCUT2D eigenvalue weighted by molar-refractivity contribution is 0.0785. The number of rotatable bonds is 5. The van der Waals surface area contributed by atoms with Crippen molar-refractivity contribution in [2.45, 2.75) is 24.3 Å². The van der Waals surface area contributed by atoms with E-state index in [1.165, 1.54) is 32.7 Å². The van der Waals surface area contributed by atoms with Crippen molar-refractivity contribution in [1.29, 1.82) is 0 Å². The molecule has 0 radical (unpaired) electrons. The normalized spacial score (nSPS) is 15.1. The number of hydrogen-bond donors (Lipinski definition) is 0. The van der Waals surface area contributed by atoms with Gasteiger partial charge in [0.2, 0.25) is 10.0 Å². The van der Waals surface area contributed by atoms with Gasteiger partial charge >= 0.3 is 0 Å². The first-order chi connectivity index (χ1) is 13.9. The van der Waals surface area contributed by atoms with E-state index >= 15 is 0 Å². The zero-order chi connectivity index (χ0) is 20.6. The highest BCUT2D eigenvalue weighted by atomic mass is 35.5. The number of halogens is 1. The number of fused-ring (bicyclic) bond motifs is 1. The average Bonchev–Trinajstić information content (AvgIpc) is 3.37. The van der Waals surface area contributed by atoms with Gasteiger partial charge in [0.1, 0.15) is 9.90 Å². The molecule has 152 valence electrons. The summed E-state index contributed by atoms with van der Waals surface area (Å²) in [5, 5.41) is 0.947. The van der Waals surface area contributed by atoms with E-state index in [-0.39, 0.29) is 21.4 Å². The third-order valence-electron chi connectivity index (χ3n) is 4.92. The maximum absolute atomic E-state index is 12.9. The van der Waals surface area contributed by atoms with E-state index in [0.29, 0.717) is 19.6 Å². The number of aromatic nitrogens is 1. The molecule has 4 rings (SSSR count). The molecule has 9 heteroatoms. The minimum absolute atomic E-state index is 0.0136. The van der Waals surface area contributed by atoms with Crippen LogP contribution in [-0.2, 0) is 16.6 Å². The number of amides is 1. The number of para-hydroxylation sites is 1. The van der Waals surface area contributed by atoms with Gasteiger partial charge in [-0.15, -0.1) is 11.3 Å². The van der Waals surface area contributed by atoms with Crippen molar-refractivity contribution in [3.63, 3.8) is 0 Å². The van der Waals surface area contributed by atoms with E-state index in [1.54, 1.807) is 13.1 Å². The fraction of sp³-hybridized carbons (Fsp3) is 0.300. The van der Waals surface area contributed by atoms with Crippen molar-refractivity contribution >= 4 is 49.1 Å². The lowest BCUT2D eigenvalue weighted by Crippen LogP contribution is -2.29. The van der Waals surface area contributed by atoms with Crippen LogP contribution in [-0.4, -0.2) is 48.7 Å². The number of sulfonamides is 1. The molecule has 6 nitrogen and oxygen atoms in total. The highest BCUT2D eigenvalue weighted by Gasteiger charge is 2.30. The van der Waals surface area contributed by atoms with Crippen LogP contribution in [0.15, 0.2) is 47.4 Å². The van der Waals surface area contributed by atoms with Crippen LogP contribution in [0.2, 0.25) is 5.02 Å². The first-order valence-electron chi connectivity index (χ1n) is 9.26. The molecule has 29 heavy (non-hydrogen) atoms. The minimum Gasteiger partial charge on any atom is -0.335 e. The van der Waals surface area contributed by atoms with Gasteiger partial charge in [0.05, 0.1) is 21.8 Å². The molecule has 0 aliphatic carbocycles. The summed E-state index contributed by atoms with van der Waals surface area (Å²) < 4.78 is 28.3. The summed E-state index contributed by atoms with van der Waals surface area (Å²) in [7, 11) is -2.03. The van der Waals surface area contributed by atoms with Crippen molar-refractivity contribution in [3.05, 3.63) is 58.1 Å². The molecule has 1 amide bonds. The van der Waals surface area contributed by atoms with Gasteiger partial charge in [-0.05, 0) is 43.2 Å². The molecular formula is C20H20ClN3O3S2. The van der Waals surface area contributed by atoms with Crippen molar-refractivity contribution in [1.82, 2.24) is 14.2 Å². The summed E-state index contributed by atoms with van der Waals surface area (Å²) in [4.78, 5) is 19.0. The summed E-state index contributed by atoms with van der Waals surface area (Å²) in [5.41, 5.74) is 1.19. The summed E-state index contributed by atoms with van der Waals surface area (Å²) in [5.74, 6) is -0.279. The third kappa shape index (κ3) is 4.02. The Hall–Kier alpha value is -2.00. The van der Waals surface area contributed by atoms with Gasteiger partial charge in [0.15, 0.2) is 0 Å². The maximum Gasteiger partial charge on any atom is 0.254 e. The van der Waals surface area contributed by atoms with Gasteiger partial charge in [-0.3, -0.25) is 4.79 Å². The Kier molecular flexibility index (Phi) is 5.61. The molecule has 1 fully saturated rings. The minimum atomic E-state index is -3.71. The smallest absolute Gasteiger partial charge is 0.254 e. The molecule has 1 aliphatic heterocycles. The summed E-state index contributed by atoms with van der Waals surface area (Å²) in [6.07, 6.45) is 1.67. The molecule has 0 unspecified atom stereocenters. The number of nitrogens with zero attached hydrogens (tertiary/aromatic N) is 3. The highest BCUT2D eigenvalue weighted by Crippen LogP contribution is 2.29. The fourth-order valence-electron chi connectivity index (χ4n) is 3.38. The first kappa shape index (κ1) is 20.3. The molecule has 1 aromatic heterocycles. The lowest BCUT2D eigenvalue weighted by atomic mass is 10.2. The Labute approximate surface area is 178 Å². The molecule has 0 bridgehead atoms. The van der Waals surface area contributed by atoms with Crippen molar-refractivity contribution in [2.75, 3.05) is 20.1 Å². The van der Waals surface area contributed by atoms with E-state index in [1.807, 2.05) is 24.3 Å². The Balaban J connectivity index is 1.58.